The second-order valence-corrected chi connectivity index (χ2v) is 8.79. The fourth-order valence-corrected chi connectivity index (χ4v) is 4.97. The third-order valence-electron chi connectivity index (χ3n) is 6.71. The molecular formula is C26H28N2O7. The highest BCUT2D eigenvalue weighted by Gasteiger charge is 2.37. The molecule has 0 aliphatic heterocycles. The number of nitrogens with one attached hydrogen (secondary N) is 2. The highest BCUT2D eigenvalue weighted by atomic mass is 16.5. The summed E-state index contributed by atoms with van der Waals surface area (Å²) in [5.74, 6) is -3.29. The second kappa shape index (κ2) is 10.6. The van der Waals surface area contributed by atoms with Crippen molar-refractivity contribution in [3.05, 3.63) is 59.7 Å². The van der Waals surface area contributed by atoms with Crippen LogP contribution in [-0.2, 0) is 23.9 Å². The van der Waals surface area contributed by atoms with Gasteiger partial charge in [0.05, 0.1) is 19.4 Å². The first-order chi connectivity index (χ1) is 16.9. The summed E-state index contributed by atoms with van der Waals surface area (Å²) < 4.78 is 10.1. The lowest BCUT2D eigenvalue weighted by molar-refractivity contribution is -0.149. The predicted molar refractivity (Wildman–Crippen MR) is 126 cm³/mol. The zero-order valence-corrected chi connectivity index (χ0v) is 19.4. The Morgan fingerprint density at radius 1 is 1.00 bits per heavy atom. The Balaban J connectivity index is 1.35. The van der Waals surface area contributed by atoms with Crippen molar-refractivity contribution in [1.29, 1.82) is 0 Å². The number of rotatable bonds is 8. The van der Waals surface area contributed by atoms with Crippen molar-refractivity contribution in [3.63, 3.8) is 0 Å². The maximum Gasteiger partial charge on any atom is 0.407 e. The van der Waals surface area contributed by atoms with E-state index in [0.717, 1.165) is 29.4 Å². The number of hydrogen-bond donors (Lipinski definition) is 3. The van der Waals surface area contributed by atoms with E-state index in [2.05, 4.69) is 27.5 Å². The SMILES string of the molecule is COC(=O)C[C@@H](NC(=O)C1CCCC1NC(=O)OCC1c2ccccc2-c2ccccc21)C(=O)O. The van der Waals surface area contributed by atoms with Crippen LogP contribution in [0.25, 0.3) is 11.1 Å². The molecule has 0 bridgehead atoms. The number of benzene rings is 2. The summed E-state index contributed by atoms with van der Waals surface area (Å²) in [6, 6.07) is 14.2. The summed E-state index contributed by atoms with van der Waals surface area (Å²) in [6.07, 6.45) is 0.651. The van der Waals surface area contributed by atoms with Gasteiger partial charge in [-0.05, 0) is 35.1 Å². The van der Waals surface area contributed by atoms with Gasteiger partial charge in [0.2, 0.25) is 5.91 Å². The average molecular weight is 481 g/mol. The molecule has 0 spiro atoms. The number of ether oxygens (including phenoxy) is 2. The van der Waals surface area contributed by atoms with E-state index in [1.807, 2.05) is 36.4 Å². The largest absolute Gasteiger partial charge is 0.480 e. The van der Waals surface area contributed by atoms with Crippen molar-refractivity contribution in [1.82, 2.24) is 10.6 Å². The van der Waals surface area contributed by atoms with Gasteiger partial charge >= 0.3 is 18.0 Å². The van der Waals surface area contributed by atoms with Crippen LogP contribution in [0.4, 0.5) is 4.79 Å². The predicted octanol–water partition coefficient (Wildman–Crippen LogP) is 2.83. The smallest absolute Gasteiger partial charge is 0.407 e. The Morgan fingerprint density at radius 3 is 2.23 bits per heavy atom. The second-order valence-electron chi connectivity index (χ2n) is 8.79. The summed E-state index contributed by atoms with van der Waals surface area (Å²) >= 11 is 0. The Kier molecular flexibility index (Phi) is 7.33. The number of methoxy groups -OCH3 is 1. The van der Waals surface area contributed by atoms with Crippen LogP contribution in [0.15, 0.2) is 48.5 Å². The van der Waals surface area contributed by atoms with E-state index in [-0.39, 0.29) is 12.5 Å². The van der Waals surface area contributed by atoms with E-state index in [4.69, 9.17) is 4.74 Å². The topological polar surface area (TPSA) is 131 Å². The number of carbonyl (C=O) groups is 4. The normalized spacial score (nSPS) is 19.2. The molecule has 2 aromatic rings. The molecule has 0 heterocycles. The lowest BCUT2D eigenvalue weighted by Gasteiger charge is -2.23. The van der Waals surface area contributed by atoms with Crippen LogP contribution < -0.4 is 10.6 Å². The minimum Gasteiger partial charge on any atom is -0.480 e. The van der Waals surface area contributed by atoms with E-state index in [0.29, 0.717) is 19.3 Å². The van der Waals surface area contributed by atoms with E-state index >= 15 is 0 Å². The number of aliphatic carboxylic acids is 1. The molecular weight excluding hydrogens is 452 g/mol. The highest BCUT2D eigenvalue weighted by molar-refractivity contribution is 5.88. The summed E-state index contributed by atoms with van der Waals surface area (Å²) in [7, 11) is 1.15. The minimum atomic E-state index is -1.40. The molecule has 3 N–H and O–H groups in total. The van der Waals surface area contributed by atoms with Gasteiger partial charge in [0, 0.05) is 12.0 Å². The van der Waals surface area contributed by atoms with Crippen LogP contribution in [-0.4, -0.2) is 54.8 Å². The lowest BCUT2D eigenvalue weighted by atomic mass is 9.98. The van der Waals surface area contributed by atoms with Crippen molar-refractivity contribution >= 4 is 23.9 Å². The first kappa shape index (κ1) is 24.3. The Labute approximate surface area is 202 Å². The van der Waals surface area contributed by atoms with Gasteiger partial charge in [-0.3, -0.25) is 9.59 Å². The van der Waals surface area contributed by atoms with Gasteiger partial charge in [-0.25, -0.2) is 9.59 Å². The molecule has 0 saturated heterocycles. The zero-order valence-electron chi connectivity index (χ0n) is 19.4. The molecule has 0 radical (unpaired) electrons. The molecule has 3 atom stereocenters. The molecule has 1 saturated carbocycles. The van der Waals surface area contributed by atoms with E-state index in [9.17, 15) is 24.3 Å². The van der Waals surface area contributed by atoms with E-state index < -0.39 is 48.4 Å². The molecule has 2 aromatic carbocycles. The van der Waals surface area contributed by atoms with Crippen LogP contribution >= 0.6 is 0 Å². The molecule has 2 unspecified atom stereocenters. The highest BCUT2D eigenvalue weighted by Crippen LogP contribution is 2.44. The number of hydrogen-bond acceptors (Lipinski definition) is 6. The Hall–Kier alpha value is -3.88. The van der Waals surface area contributed by atoms with Crippen molar-refractivity contribution in [2.24, 2.45) is 5.92 Å². The van der Waals surface area contributed by atoms with Crippen LogP contribution in [0.1, 0.15) is 42.7 Å². The van der Waals surface area contributed by atoms with E-state index in [1.165, 1.54) is 0 Å². The molecule has 0 aromatic heterocycles. The van der Waals surface area contributed by atoms with Gasteiger partial charge in [0.1, 0.15) is 12.6 Å². The van der Waals surface area contributed by atoms with E-state index in [1.54, 1.807) is 0 Å². The summed E-state index contributed by atoms with van der Waals surface area (Å²) in [5, 5.41) is 14.5. The zero-order chi connectivity index (χ0) is 24.9. The first-order valence-electron chi connectivity index (χ1n) is 11.6. The fourth-order valence-electron chi connectivity index (χ4n) is 4.97. The molecule has 2 aliphatic carbocycles. The third kappa shape index (κ3) is 5.29. The number of alkyl carbamates (subject to hydrolysis) is 1. The van der Waals surface area contributed by atoms with Crippen molar-refractivity contribution in [3.8, 4) is 11.1 Å². The molecule has 9 heteroatoms. The lowest BCUT2D eigenvalue weighted by Crippen LogP contribution is -2.49. The van der Waals surface area contributed by atoms with Gasteiger partial charge in [-0.1, -0.05) is 55.0 Å². The van der Waals surface area contributed by atoms with Crippen LogP contribution in [0.2, 0.25) is 0 Å². The monoisotopic (exact) mass is 480 g/mol. The molecule has 35 heavy (non-hydrogen) atoms. The molecule has 2 amide bonds. The average Bonchev–Trinajstić information content (AvgIpc) is 3.44. The number of carbonyl (C=O) groups excluding carboxylic acids is 3. The summed E-state index contributed by atoms with van der Waals surface area (Å²) in [5.41, 5.74) is 4.46. The van der Waals surface area contributed by atoms with Gasteiger partial charge < -0.3 is 25.2 Å². The number of amides is 2. The minimum absolute atomic E-state index is 0.0783. The summed E-state index contributed by atoms with van der Waals surface area (Å²) in [6.45, 7) is 0.156. The Bertz CT molecular complexity index is 1090. The number of carboxylic acids is 1. The number of esters is 1. The van der Waals surface area contributed by atoms with Gasteiger partial charge in [0.15, 0.2) is 0 Å². The van der Waals surface area contributed by atoms with Gasteiger partial charge in [0.25, 0.3) is 0 Å². The number of carboxylic acid groups (broad SMARTS) is 1. The maximum atomic E-state index is 12.7. The van der Waals surface area contributed by atoms with Crippen LogP contribution in [0.5, 0.6) is 0 Å². The molecule has 4 rings (SSSR count). The van der Waals surface area contributed by atoms with Crippen LogP contribution in [0.3, 0.4) is 0 Å². The molecule has 9 nitrogen and oxygen atoms in total. The standard InChI is InChI=1S/C26H28N2O7/c1-34-23(29)13-22(25(31)32)27-24(30)19-11-6-12-21(19)28-26(33)35-14-20-17-9-4-2-7-15(17)16-8-3-5-10-18(16)20/h2-5,7-10,19-22H,6,11-14H2,1H3,(H,27,30)(H,28,33)(H,31,32)/t19?,21?,22-/m1/s1. The quantitative estimate of drug-likeness (QED) is 0.495. The van der Waals surface area contributed by atoms with Gasteiger partial charge in [-0.2, -0.15) is 0 Å². The fraction of sp³-hybridized carbons (Fsp3) is 0.385. The van der Waals surface area contributed by atoms with Crippen molar-refractivity contribution in [2.75, 3.05) is 13.7 Å². The summed E-state index contributed by atoms with van der Waals surface area (Å²) in [4.78, 5) is 48.3. The number of fused-ring (bicyclic) bond motifs is 3. The molecule has 1 fully saturated rings. The maximum absolute atomic E-state index is 12.7. The first-order valence-corrected chi connectivity index (χ1v) is 11.6. The van der Waals surface area contributed by atoms with Crippen molar-refractivity contribution < 1.29 is 33.8 Å². The van der Waals surface area contributed by atoms with Crippen LogP contribution in [0, 0.1) is 5.92 Å². The van der Waals surface area contributed by atoms with Gasteiger partial charge in [-0.15, -0.1) is 0 Å². The third-order valence-corrected chi connectivity index (χ3v) is 6.71. The molecule has 2 aliphatic rings. The Morgan fingerprint density at radius 2 is 1.63 bits per heavy atom. The van der Waals surface area contributed by atoms with Crippen molar-refractivity contribution in [2.45, 2.75) is 43.7 Å². The molecule has 184 valence electrons.